The van der Waals surface area contributed by atoms with Gasteiger partial charge >= 0.3 is 0 Å². The van der Waals surface area contributed by atoms with Gasteiger partial charge in [-0.25, -0.2) is 19.0 Å². The van der Waals surface area contributed by atoms with Crippen molar-refractivity contribution in [3.8, 4) is 5.69 Å². The van der Waals surface area contributed by atoms with Gasteiger partial charge in [0.1, 0.15) is 17.2 Å². The molecule has 0 N–H and O–H groups in total. The van der Waals surface area contributed by atoms with E-state index < -0.39 is 5.82 Å². The summed E-state index contributed by atoms with van der Waals surface area (Å²) in [6.45, 7) is 0. The molecule has 0 radical (unpaired) electrons. The van der Waals surface area contributed by atoms with Crippen LogP contribution in [0.25, 0.3) is 16.7 Å². The van der Waals surface area contributed by atoms with E-state index >= 15 is 0 Å². The minimum absolute atomic E-state index is 0.0244. The number of rotatable bonds is 1. The van der Waals surface area contributed by atoms with E-state index in [1.165, 1.54) is 23.3 Å². The molecule has 4 nitrogen and oxygen atoms in total. The van der Waals surface area contributed by atoms with Crippen LogP contribution in [0, 0.1) is 5.82 Å². The van der Waals surface area contributed by atoms with Crippen molar-refractivity contribution in [1.82, 2.24) is 19.7 Å². The smallest absolute Gasteiger partial charge is 0.167 e. The molecule has 0 spiro atoms. The monoisotopic (exact) mass is 282 g/mol. The molecule has 18 heavy (non-hydrogen) atoms. The Hall–Kier alpha value is -1.72. The predicted octanol–water partition coefficient (Wildman–Crippen LogP) is 3.26. The lowest BCUT2D eigenvalue weighted by molar-refractivity contribution is 0.613. The van der Waals surface area contributed by atoms with E-state index in [2.05, 4.69) is 15.1 Å². The number of halogens is 3. The minimum Gasteiger partial charge on any atom is -0.224 e. The molecular formula is C11H5Cl2FN4. The third kappa shape index (κ3) is 1.63. The van der Waals surface area contributed by atoms with E-state index in [1.54, 1.807) is 12.1 Å². The predicted molar refractivity (Wildman–Crippen MR) is 66.6 cm³/mol. The van der Waals surface area contributed by atoms with Gasteiger partial charge in [-0.3, -0.25) is 0 Å². The average molecular weight is 283 g/mol. The number of benzene rings is 1. The van der Waals surface area contributed by atoms with Crippen molar-refractivity contribution in [2.24, 2.45) is 0 Å². The fourth-order valence-electron chi connectivity index (χ4n) is 1.65. The van der Waals surface area contributed by atoms with E-state index in [0.29, 0.717) is 11.0 Å². The zero-order chi connectivity index (χ0) is 12.7. The highest BCUT2D eigenvalue weighted by molar-refractivity contribution is 6.33. The lowest BCUT2D eigenvalue weighted by Gasteiger charge is -2.05. The second-order valence-electron chi connectivity index (χ2n) is 3.53. The molecule has 3 rings (SSSR count). The Balaban J connectivity index is 2.33. The number of hydrogen-bond donors (Lipinski definition) is 0. The SMILES string of the molecule is Fc1c(Cl)cccc1-n1ncc2c(Cl)ncnc21. The summed E-state index contributed by atoms with van der Waals surface area (Å²) in [5.41, 5.74) is 0.642. The van der Waals surface area contributed by atoms with Crippen molar-refractivity contribution >= 4 is 34.2 Å². The van der Waals surface area contributed by atoms with Crippen molar-refractivity contribution in [2.75, 3.05) is 0 Å². The molecule has 1 aromatic carbocycles. The Labute approximate surface area is 111 Å². The number of aromatic nitrogens is 4. The second kappa shape index (κ2) is 4.19. The molecule has 0 saturated carbocycles. The third-order valence-corrected chi connectivity index (χ3v) is 3.07. The first-order valence-electron chi connectivity index (χ1n) is 4.97. The maximum Gasteiger partial charge on any atom is 0.167 e. The normalized spacial score (nSPS) is 11.1. The van der Waals surface area contributed by atoms with E-state index in [1.807, 2.05) is 0 Å². The Morgan fingerprint density at radius 3 is 2.83 bits per heavy atom. The van der Waals surface area contributed by atoms with E-state index in [0.717, 1.165) is 0 Å². The Bertz CT molecular complexity index is 741. The highest BCUT2D eigenvalue weighted by Crippen LogP contribution is 2.25. The third-order valence-electron chi connectivity index (χ3n) is 2.48. The summed E-state index contributed by atoms with van der Waals surface area (Å²) in [5.74, 6) is -0.557. The summed E-state index contributed by atoms with van der Waals surface area (Å²) < 4.78 is 15.3. The molecule has 0 aliphatic heterocycles. The zero-order valence-electron chi connectivity index (χ0n) is 8.81. The van der Waals surface area contributed by atoms with Crippen LogP contribution in [0.1, 0.15) is 0 Å². The van der Waals surface area contributed by atoms with Gasteiger partial charge in [-0.15, -0.1) is 0 Å². The van der Waals surface area contributed by atoms with Crippen molar-refractivity contribution < 1.29 is 4.39 Å². The van der Waals surface area contributed by atoms with Gasteiger partial charge in [0, 0.05) is 0 Å². The van der Waals surface area contributed by atoms with Crippen molar-refractivity contribution in [2.45, 2.75) is 0 Å². The van der Waals surface area contributed by atoms with Crippen LogP contribution in [0.3, 0.4) is 0 Å². The van der Waals surface area contributed by atoms with Crippen molar-refractivity contribution in [3.63, 3.8) is 0 Å². The van der Waals surface area contributed by atoms with E-state index in [-0.39, 0.29) is 15.9 Å². The van der Waals surface area contributed by atoms with Gasteiger partial charge in [0.25, 0.3) is 0 Å². The molecule has 2 aromatic heterocycles. The van der Waals surface area contributed by atoms with Crippen LogP contribution in [0.5, 0.6) is 0 Å². The topological polar surface area (TPSA) is 43.6 Å². The minimum atomic E-state index is -0.557. The summed E-state index contributed by atoms with van der Waals surface area (Å²) in [5, 5.41) is 4.91. The Morgan fingerprint density at radius 2 is 2.00 bits per heavy atom. The molecule has 3 aromatic rings. The maximum atomic E-state index is 13.9. The molecule has 2 heterocycles. The molecule has 0 aliphatic carbocycles. The second-order valence-corrected chi connectivity index (χ2v) is 4.30. The van der Waals surface area contributed by atoms with Gasteiger partial charge < -0.3 is 0 Å². The summed E-state index contributed by atoms with van der Waals surface area (Å²) in [6, 6.07) is 4.66. The molecule has 0 atom stereocenters. The molecule has 90 valence electrons. The van der Waals surface area contributed by atoms with Crippen molar-refractivity contribution in [1.29, 1.82) is 0 Å². The maximum absolute atomic E-state index is 13.9. The largest absolute Gasteiger partial charge is 0.224 e. The molecule has 7 heteroatoms. The van der Waals surface area contributed by atoms with Gasteiger partial charge in [-0.05, 0) is 12.1 Å². The van der Waals surface area contributed by atoms with Crippen LogP contribution in [0.2, 0.25) is 10.2 Å². The Kier molecular flexibility index (Phi) is 2.65. The highest BCUT2D eigenvalue weighted by Gasteiger charge is 2.14. The molecule has 0 bridgehead atoms. The fraction of sp³-hybridized carbons (Fsp3) is 0. The van der Waals surface area contributed by atoms with Gasteiger partial charge in [-0.1, -0.05) is 29.3 Å². The van der Waals surface area contributed by atoms with Crippen LogP contribution < -0.4 is 0 Å². The zero-order valence-corrected chi connectivity index (χ0v) is 10.3. The number of fused-ring (bicyclic) bond motifs is 1. The summed E-state index contributed by atoms with van der Waals surface area (Å²) >= 11 is 11.6. The highest BCUT2D eigenvalue weighted by atomic mass is 35.5. The van der Waals surface area contributed by atoms with E-state index in [9.17, 15) is 4.39 Å². The number of nitrogens with zero attached hydrogens (tertiary/aromatic N) is 4. The quantitative estimate of drug-likeness (QED) is 0.644. The lowest BCUT2D eigenvalue weighted by Crippen LogP contribution is -2.01. The van der Waals surface area contributed by atoms with Crippen molar-refractivity contribution in [3.05, 3.63) is 46.7 Å². The molecule has 0 aliphatic rings. The van der Waals surface area contributed by atoms with Crippen LogP contribution in [-0.2, 0) is 0 Å². The fourth-order valence-corrected chi connectivity index (χ4v) is 1.99. The molecule has 0 amide bonds. The summed E-state index contributed by atoms with van der Waals surface area (Å²) in [4.78, 5) is 7.88. The van der Waals surface area contributed by atoms with Crippen LogP contribution in [-0.4, -0.2) is 19.7 Å². The molecular weight excluding hydrogens is 278 g/mol. The Morgan fingerprint density at radius 1 is 1.17 bits per heavy atom. The summed E-state index contributed by atoms with van der Waals surface area (Å²) in [6.07, 6.45) is 2.78. The lowest BCUT2D eigenvalue weighted by atomic mass is 10.3. The first-order valence-corrected chi connectivity index (χ1v) is 5.72. The number of hydrogen-bond acceptors (Lipinski definition) is 3. The first kappa shape index (κ1) is 11.4. The van der Waals surface area contributed by atoms with Gasteiger partial charge in [0.05, 0.1) is 16.6 Å². The first-order chi connectivity index (χ1) is 8.68. The van der Waals surface area contributed by atoms with E-state index in [4.69, 9.17) is 23.2 Å². The molecule has 0 saturated heterocycles. The standard InChI is InChI=1S/C11H5Cl2FN4/c12-7-2-1-3-8(9(7)14)18-11-6(4-17-18)10(13)15-5-16-11/h1-5H. The van der Waals surface area contributed by atoms with Gasteiger partial charge in [0.15, 0.2) is 11.5 Å². The average Bonchev–Trinajstić information content (AvgIpc) is 2.78. The molecule has 0 fully saturated rings. The van der Waals surface area contributed by atoms with Gasteiger partial charge in [-0.2, -0.15) is 5.10 Å². The van der Waals surface area contributed by atoms with Gasteiger partial charge in [0.2, 0.25) is 0 Å². The van der Waals surface area contributed by atoms with Crippen LogP contribution >= 0.6 is 23.2 Å². The van der Waals surface area contributed by atoms with Crippen LogP contribution in [0.15, 0.2) is 30.7 Å². The summed E-state index contributed by atoms with van der Waals surface area (Å²) in [7, 11) is 0. The molecule has 0 unspecified atom stereocenters. The van der Waals surface area contributed by atoms with Crippen LogP contribution in [0.4, 0.5) is 4.39 Å².